The van der Waals surface area contributed by atoms with Gasteiger partial charge in [-0.3, -0.25) is 4.79 Å². The van der Waals surface area contributed by atoms with Gasteiger partial charge in [0.05, 0.1) is 12.7 Å². The Balaban J connectivity index is 1.32. The Morgan fingerprint density at radius 1 is 1.12 bits per heavy atom. The summed E-state index contributed by atoms with van der Waals surface area (Å²) in [5.74, 6) is 1.25. The van der Waals surface area contributed by atoms with E-state index in [1.807, 2.05) is 0 Å². The Hall–Kier alpha value is -1.81. The molecule has 2 saturated carbocycles. The first-order valence-corrected chi connectivity index (χ1v) is 10.2. The van der Waals surface area contributed by atoms with Gasteiger partial charge in [0.25, 0.3) is 0 Å². The Morgan fingerprint density at radius 2 is 1.85 bits per heavy atom. The average Bonchev–Trinajstić information content (AvgIpc) is 3.20. The molecule has 2 aromatic rings. The van der Waals surface area contributed by atoms with E-state index in [0.717, 1.165) is 42.2 Å². The summed E-state index contributed by atoms with van der Waals surface area (Å²) >= 11 is 0. The summed E-state index contributed by atoms with van der Waals surface area (Å²) < 4.78 is 5.76. The third-order valence-corrected chi connectivity index (χ3v) is 6.92. The van der Waals surface area contributed by atoms with E-state index in [4.69, 9.17) is 10.2 Å². The third kappa shape index (κ3) is 2.84. The van der Waals surface area contributed by atoms with Gasteiger partial charge in [-0.2, -0.15) is 0 Å². The highest BCUT2D eigenvalue weighted by atomic mass is 16.3. The molecule has 0 radical (unpaired) electrons. The van der Waals surface area contributed by atoms with Crippen LogP contribution in [-0.2, 0) is 24.1 Å². The Labute approximate surface area is 154 Å². The number of hydrogen-bond donors (Lipinski definition) is 2. The van der Waals surface area contributed by atoms with Gasteiger partial charge in [0.1, 0.15) is 5.58 Å². The van der Waals surface area contributed by atoms with Crippen LogP contribution >= 0.6 is 0 Å². The highest BCUT2D eigenvalue weighted by Gasteiger charge is 2.39. The molecule has 3 aliphatic carbocycles. The van der Waals surface area contributed by atoms with Gasteiger partial charge in [0.2, 0.25) is 5.91 Å². The summed E-state index contributed by atoms with van der Waals surface area (Å²) in [5.41, 5.74) is 11.0. The van der Waals surface area contributed by atoms with Crippen molar-refractivity contribution in [3.05, 3.63) is 35.1 Å². The van der Waals surface area contributed by atoms with Gasteiger partial charge < -0.3 is 15.5 Å². The first kappa shape index (κ1) is 16.4. The maximum absolute atomic E-state index is 12.8. The van der Waals surface area contributed by atoms with Crippen LogP contribution in [0.2, 0.25) is 0 Å². The van der Waals surface area contributed by atoms with Crippen molar-refractivity contribution in [2.24, 2.45) is 17.6 Å². The van der Waals surface area contributed by atoms with E-state index < -0.39 is 0 Å². The zero-order chi connectivity index (χ0) is 17.7. The number of aryl methyl sites for hydroxylation is 2. The molecule has 0 aliphatic heterocycles. The number of nitrogens with two attached hydrogens (primary N) is 1. The molecule has 3 N–H and O–H groups in total. The minimum absolute atomic E-state index is 0.130. The fourth-order valence-corrected chi connectivity index (χ4v) is 5.72. The van der Waals surface area contributed by atoms with Crippen molar-refractivity contribution in [3.8, 4) is 0 Å². The molecule has 26 heavy (non-hydrogen) atoms. The molecule has 5 rings (SSSR count). The quantitative estimate of drug-likeness (QED) is 0.888. The largest absolute Gasteiger partial charge is 0.464 e. The number of nitrogens with one attached hydrogen (secondary N) is 1. The Morgan fingerprint density at radius 3 is 2.62 bits per heavy atom. The maximum atomic E-state index is 12.8. The smallest absolute Gasteiger partial charge is 0.224 e. The predicted octanol–water partition coefficient (Wildman–Crippen LogP) is 3.49. The third-order valence-electron chi connectivity index (χ3n) is 6.92. The van der Waals surface area contributed by atoms with E-state index in [-0.39, 0.29) is 5.91 Å². The van der Waals surface area contributed by atoms with Crippen LogP contribution in [0.25, 0.3) is 11.0 Å². The van der Waals surface area contributed by atoms with Crippen molar-refractivity contribution in [1.29, 1.82) is 0 Å². The van der Waals surface area contributed by atoms with Crippen molar-refractivity contribution >= 4 is 16.9 Å². The second-order valence-corrected chi connectivity index (χ2v) is 8.68. The van der Waals surface area contributed by atoms with Gasteiger partial charge in [0, 0.05) is 23.0 Å². The van der Waals surface area contributed by atoms with Crippen molar-refractivity contribution in [2.45, 2.75) is 69.9 Å². The lowest BCUT2D eigenvalue weighted by molar-refractivity contribution is -0.122. The molecule has 0 saturated heterocycles. The zero-order valence-corrected chi connectivity index (χ0v) is 15.3. The van der Waals surface area contributed by atoms with Gasteiger partial charge in [-0.25, -0.2) is 0 Å². The molecule has 0 spiro atoms. The molecule has 1 aromatic heterocycles. The molecule has 138 valence electrons. The lowest BCUT2D eigenvalue weighted by atomic mass is 9.67. The fraction of sp³-hybridized carbons (Fsp3) is 0.591. The summed E-state index contributed by atoms with van der Waals surface area (Å²) in [6, 6.07) is 5.06. The lowest BCUT2D eigenvalue weighted by Crippen LogP contribution is -2.54. The number of benzene rings is 1. The van der Waals surface area contributed by atoms with E-state index in [9.17, 15) is 4.79 Å². The summed E-state index contributed by atoms with van der Waals surface area (Å²) in [4.78, 5) is 12.8. The van der Waals surface area contributed by atoms with Crippen LogP contribution in [0.15, 0.2) is 22.8 Å². The van der Waals surface area contributed by atoms with Crippen LogP contribution in [0, 0.1) is 11.8 Å². The normalized spacial score (nSPS) is 30.3. The first-order valence-electron chi connectivity index (χ1n) is 10.2. The zero-order valence-electron chi connectivity index (χ0n) is 15.3. The highest BCUT2D eigenvalue weighted by Crippen LogP contribution is 2.39. The molecule has 2 fully saturated rings. The number of fused-ring (bicyclic) bond motifs is 4. The topological polar surface area (TPSA) is 68.3 Å². The van der Waals surface area contributed by atoms with E-state index >= 15 is 0 Å². The van der Waals surface area contributed by atoms with E-state index in [2.05, 4.69) is 17.4 Å². The average molecular weight is 352 g/mol. The van der Waals surface area contributed by atoms with E-state index in [1.165, 1.54) is 36.8 Å². The molecule has 1 amide bonds. The van der Waals surface area contributed by atoms with Crippen LogP contribution in [0.4, 0.5) is 0 Å². The monoisotopic (exact) mass is 352 g/mol. The number of furan rings is 1. The summed E-state index contributed by atoms with van der Waals surface area (Å²) in [6.07, 6.45) is 11.5. The van der Waals surface area contributed by atoms with Crippen molar-refractivity contribution in [1.82, 2.24) is 5.32 Å². The Bertz CT molecular complexity index is 826. The van der Waals surface area contributed by atoms with Gasteiger partial charge >= 0.3 is 0 Å². The molecule has 2 atom stereocenters. The van der Waals surface area contributed by atoms with Crippen LogP contribution in [-0.4, -0.2) is 18.0 Å². The number of rotatable bonds is 3. The molecular formula is C22H28N2O2. The van der Waals surface area contributed by atoms with Gasteiger partial charge in [0.15, 0.2) is 0 Å². The minimum Gasteiger partial charge on any atom is -0.464 e. The summed E-state index contributed by atoms with van der Waals surface area (Å²) in [7, 11) is 0. The molecule has 1 heterocycles. The van der Waals surface area contributed by atoms with E-state index in [1.54, 1.807) is 6.26 Å². The predicted molar refractivity (Wildman–Crippen MR) is 102 cm³/mol. The summed E-state index contributed by atoms with van der Waals surface area (Å²) in [6.45, 7) is 0. The number of hydrogen-bond acceptors (Lipinski definition) is 3. The maximum Gasteiger partial charge on any atom is 0.224 e. The minimum atomic E-state index is 0.130. The molecule has 4 nitrogen and oxygen atoms in total. The molecule has 3 aliphatic rings. The summed E-state index contributed by atoms with van der Waals surface area (Å²) in [5, 5.41) is 4.48. The second-order valence-electron chi connectivity index (χ2n) is 8.68. The molecular weight excluding hydrogens is 324 g/mol. The van der Waals surface area contributed by atoms with Crippen molar-refractivity contribution < 1.29 is 9.21 Å². The fourth-order valence-electron chi connectivity index (χ4n) is 5.72. The lowest BCUT2D eigenvalue weighted by Gasteiger charge is -2.45. The van der Waals surface area contributed by atoms with Crippen LogP contribution in [0.1, 0.15) is 55.2 Å². The number of carbonyl (C=O) groups is 1. The number of amides is 1. The number of carbonyl (C=O) groups excluding carboxylic acids is 1. The van der Waals surface area contributed by atoms with Crippen LogP contribution in [0.5, 0.6) is 0 Å². The first-order chi connectivity index (χ1) is 12.7. The molecule has 1 aromatic carbocycles. The molecule has 2 unspecified atom stereocenters. The highest BCUT2D eigenvalue weighted by molar-refractivity contribution is 5.88. The molecule has 2 bridgehead atoms. The van der Waals surface area contributed by atoms with Crippen LogP contribution in [0.3, 0.4) is 0 Å². The van der Waals surface area contributed by atoms with Gasteiger partial charge in [-0.1, -0.05) is 6.42 Å². The van der Waals surface area contributed by atoms with Crippen molar-refractivity contribution in [3.63, 3.8) is 0 Å². The second kappa shape index (κ2) is 6.41. The van der Waals surface area contributed by atoms with Crippen molar-refractivity contribution in [2.75, 3.05) is 0 Å². The molecule has 4 heteroatoms. The van der Waals surface area contributed by atoms with Gasteiger partial charge in [-0.15, -0.1) is 0 Å². The van der Waals surface area contributed by atoms with Crippen LogP contribution < -0.4 is 11.1 Å². The SMILES string of the molecule is NC1CC2CCCC(C1)C2NC(=O)Cc1coc2cc3c(cc12)CCC3. The standard InChI is InChI=1S/C22H28N2O2/c23-18-7-15-5-2-6-16(8-18)22(15)24-21(25)11-17-12-26-20-10-14-4-1-3-13(14)9-19(17)20/h9-10,12,15-16,18,22H,1-8,11,23H2,(H,24,25). The van der Waals surface area contributed by atoms with E-state index in [0.29, 0.717) is 30.3 Å². The van der Waals surface area contributed by atoms with Gasteiger partial charge in [-0.05, 0) is 80.0 Å². The Kier molecular flexibility index (Phi) is 4.04.